The molecular formula is C38H32FN5O7S2. The van der Waals surface area contributed by atoms with Crippen molar-refractivity contribution in [2.24, 2.45) is 0 Å². The number of anilines is 1. The molecule has 7 rings (SSSR count). The van der Waals surface area contributed by atoms with Gasteiger partial charge in [-0.2, -0.15) is 4.57 Å². The molecule has 0 unspecified atom stereocenters. The Balaban J connectivity index is 0.937. The van der Waals surface area contributed by atoms with Crippen LogP contribution in [-0.2, 0) is 37.1 Å². The van der Waals surface area contributed by atoms with Crippen molar-refractivity contribution in [1.82, 2.24) is 15.1 Å². The van der Waals surface area contributed by atoms with E-state index < -0.39 is 40.8 Å². The molecule has 53 heavy (non-hydrogen) atoms. The van der Waals surface area contributed by atoms with Crippen LogP contribution in [0.25, 0.3) is 10.8 Å². The third kappa shape index (κ3) is 7.76. The molecule has 3 N–H and O–H groups in total. The number of hydrogen-bond acceptors (Lipinski definition) is 9. The van der Waals surface area contributed by atoms with E-state index in [1.54, 1.807) is 34.0 Å². The van der Waals surface area contributed by atoms with Gasteiger partial charge in [0, 0.05) is 53.2 Å². The molecule has 3 aliphatic rings. The van der Waals surface area contributed by atoms with Gasteiger partial charge < -0.3 is 30.5 Å². The van der Waals surface area contributed by atoms with Gasteiger partial charge in [-0.15, -0.1) is 23.5 Å². The number of phenols is 1. The number of β-lactam (4-membered cyclic amide) rings is 1. The van der Waals surface area contributed by atoms with Gasteiger partial charge in [-0.3, -0.25) is 24.1 Å². The van der Waals surface area contributed by atoms with E-state index >= 15 is 0 Å². The standard InChI is InChI=1S/C38H32FN5O7S2/c39-29-17-27(6-8-30(29)45)40-31(46)19-42-12-9-22(10-13-42)18-43-14-11-25(35(43)48)15-26-20-53-37-33(36(49)44(37)34(26)38(50)51)41-32(47)21-52-28-7-5-23-3-1-2-4-24(23)16-28/h1-10,12-13,15-17,33,37H,11,14,18-21H2,(H3-,40,41,45,46,47,50,51)/b25-15+/t33-,37-/m1/s1. The zero-order valence-electron chi connectivity index (χ0n) is 28.0. The van der Waals surface area contributed by atoms with Gasteiger partial charge in [-0.05, 0) is 58.7 Å². The summed E-state index contributed by atoms with van der Waals surface area (Å²) in [6.07, 6.45) is 5.27. The highest BCUT2D eigenvalue weighted by Crippen LogP contribution is 2.41. The molecule has 4 aromatic rings. The van der Waals surface area contributed by atoms with Gasteiger partial charge in [0.05, 0.1) is 17.4 Å². The fourth-order valence-electron chi connectivity index (χ4n) is 6.40. The maximum absolute atomic E-state index is 13.6. The average molecular weight is 754 g/mol. The van der Waals surface area contributed by atoms with Crippen LogP contribution in [0.15, 0.2) is 113 Å². The molecule has 1 aromatic heterocycles. The second-order valence-corrected chi connectivity index (χ2v) is 14.8. The van der Waals surface area contributed by atoms with Crippen molar-refractivity contribution in [3.05, 3.63) is 119 Å². The van der Waals surface area contributed by atoms with Crippen molar-refractivity contribution in [1.29, 1.82) is 0 Å². The summed E-state index contributed by atoms with van der Waals surface area (Å²) in [7, 11) is 0. The fourth-order valence-corrected chi connectivity index (χ4v) is 8.46. The number of carboxylic acids is 1. The number of aliphatic carboxylic acids is 1. The number of phenolic OH excluding ortho intramolecular Hbond substituents is 1. The van der Waals surface area contributed by atoms with Gasteiger partial charge in [-0.25, -0.2) is 4.39 Å². The molecule has 0 spiro atoms. The first kappa shape index (κ1) is 35.7. The van der Waals surface area contributed by atoms with E-state index in [2.05, 4.69) is 10.6 Å². The Labute approximate surface area is 311 Å². The number of thioether (sulfide) groups is 2. The molecule has 4 amide bonds. The predicted molar refractivity (Wildman–Crippen MR) is 193 cm³/mol. The number of nitrogens with zero attached hydrogens (tertiary/aromatic N) is 3. The summed E-state index contributed by atoms with van der Waals surface area (Å²) in [6.45, 7) is 0.637. The molecule has 2 fully saturated rings. The lowest BCUT2D eigenvalue weighted by Gasteiger charge is -2.50. The van der Waals surface area contributed by atoms with Crippen LogP contribution in [0.3, 0.4) is 0 Å². The van der Waals surface area contributed by atoms with Crippen LogP contribution in [0, 0.1) is 5.82 Å². The van der Waals surface area contributed by atoms with Crippen LogP contribution in [0.5, 0.6) is 5.75 Å². The number of halogens is 1. The van der Waals surface area contributed by atoms with Crippen LogP contribution >= 0.6 is 23.5 Å². The molecule has 2 saturated heterocycles. The van der Waals surface area contributed by atoms with Gasteiger partial charge in [0.15, 0.2) is 24.0 Å². The Morgan fingerprint density at radius 1 is 1.02 bits per heavy atom. The van der Waals surface area contributed by atoms with Gasteiger partial charge in [0.1, 0.15) is 11.4 Å². The summed E-state index contributed by atoms with van der Waals surface area (Å²) < 4.78 is 15.2. The van der Waals surface area contributed by atoms with Crippen molar-refractivity contribution in [2.45, 2.75) is 35.8 Å². The summed E-state index contributed by atoms with van der Waals surface area (Å²) in [5, 5.41) is 28.5. The van der Waals surface area contributed by atoms with Crippen LogP contribution in [-0.4, -0.2) is 74.0 Å². The fraction of sp³-hybridized carbons (Fsp3) is 0.211. The first-order chi connectivity index (χ1) is 25.5. The minimum absolute atomic E-state index is 0.0508. The minimum Gasteiger partial charge on any atom is -0.543 e. The number of likely N-dealkylation sites (tertiary alicyclic amines) is 1. The number of amides is 4. The molecule has 270 valence electrons. The van der Waals surface area contributed by atoms with Gasteiger partial charge in [0.2, 0.25) is 18.4 Å². The Hall–Kier alpha value is -5.67. The topological polar surface area (TPSA) is 163 Å². The maximum atomic E-state index is 13.6. The van der Waals surface area contributed by atoms with Crippen molar-refractivity contribution >= 4 is 69.6 Å². The van der Waals surface area contributed by atoms with Crippen LogP contribution in [0.2, 0.25) is 0 Å². The first-order valence-electron chi connectivity index (χ1n) is 16.6. The third-order valence-corrected chi connectivity index (χ3v) is 11.3. The lowest BCUT2D eigenvalue weighted by molar-refractivity contribution is -0.684. The number of allylic oxidation sites excluding steroid dienone is 1. The van der Waals surface area contributed by atoms with E-state index in [-0.39, 0.29) is 47.8 Å². The van der Waals surface area contributed by atoms with Crippen molar-refractivity contribution in [2.75, 3.05) is 23.4 Å². The lowest BCUT2D eigenvalue weighted by atomic mass is 10.0. The molecule has 0 bridgehead atoms. The predicted octanol–water partition coefficient (Wildman–Crippen LogP) is 2.47. The number of rotatable bonds is 11. The summed E-state index contributed by atoms with van der Waals surface area (Å²) in [6, 6.07) is 20.0. The molecule has 15 heteroatoms. The number of aromatic nitrogens is 1. The third-order valence-electron chi connectivity index (χ3n) is 9.05. The molecule has 0 radical (unpaired) electrons. The van der Waals surface area contributed by atoms with E-state index in [0.29, 0.717) is 24.1 Å². The highest BCUT2D eigenvalue weighted by molar-refractivity contribution is 8.00. The van der Waals surface area contributed by atoms with Crippen molar-refractivity contribution in [3.8, 4) is 5.75 Å². The molecule has 3 aliphatic heterocycles. The molecule has 2 atom stereocenters. The van der Waals surface area contributed by atoms with Crippen LogP contribution in [0.1, 0.15) is 12.0 Å². The quantitative estimate of drug-likeness (QED) is 0.0687. The number of nitrogens with one attached hydrogen (secondary N) is 2. The van der Waals surface area contributed by atoms with Crippen molar-refractivity contribution in [3.63, 3.8) is 0 Å². The van der Waals surface area contributed by atoms with Gasteiger partial charge in [-0.1, -0.05) is 30.3 Å². The zero-order valence-corrected chi connectivity index (χ0v) is 29.6. The smallest absolute Gasteiger partial charge is 0.290 e. The van der Waals surface area contributed by atoms with E-state index in [1.165, 1.54) is 35.7 Å². The lowest BCUT2D eigenvalue weighted by Crippen LogP contribution is -2.71. The highest BCUT2D eigenvalue weighted by atomic mass is 32.2. The first-order valence-corrected chi connectivity index (χ1v) is 18.6. The Morgan fingerprint density at radius 2 is 1.79 bits per heavy atom. The maximum Gasteiger partial charge on any atom is 0.290 e. The van der Waals surface area contributed by atoms with E-state index in [9.17, 15) is 38.6 Å². The Morgan fingerprint density at radius 3 is 2.55 bits per heavy atom. The zero-order chi connectivity index (χ0) is 37.2. The van der Waals surface area contributed by atoms with E-state index in [0.717, 1.165) is 38.3 Å². The monoisotopic (exact) mass is 753 g/mol. The minimum atomic E-state index is -1.53. The van der Waals surface area contributed by atoms with Crippen LogP contribution < -0.4 is 20.3 Å². The number of carbonyl (C=O) groups is 5. The molecule has 4 heterocycles. The summed E-state index contributed by atoms with van der Waals surface area (Å²) in [5.74, 6) is -4.14. The molecule has 12 nitrogen and oxygen atoms in total. The summed E-state index contributed by atoms with van der Waals surface area (Å²) >= 11 is 2.66. The average Bonchev–Trinajstić information content (AvgIpc) is 3.48. The van der Waals surface area contributed by atoms with Gasteiger partial charge in [0.25, 0.3) is 11.8 Å². The Kier molecular flexibility index (Phi) is 10.2. The van der Waals surface area contributed by atoms with E-state index in [1.807, 2.05) is 42.5 Å². The Bertz CT molecular complexity index is 2230. The SMILES string of the molecule is O=C(C[n+]1ccc(CN2CC/C(=C\C3=C(C(=O)[O-])N4C(=O)[C@@H](NC(=O)CSc5ccc6ccccc6c5)[C@H]4SC3)C2=O)cc1)Nc1ccc(O)c(F)c1. The number of fused-ring (bicyclic) bond motifs is 2. The number of aromatic hydroxyl groups is 1. The number of pyridine rings is 1. The largest absolute Gasteiger partial charge is 0.543 e. The molecular weight excluding hydrogens is 722 g/mol. The summed E-state index contributed by atoms with van der Waals surface area (Å²) in [4.78, 5) is 67.7. The molecule has 0 aliphatic carbocycles. The van der Waals surface area contributed by atoms with Crippen LogP contribution in [0.4, 0.5) is 10.1 Å². The second kappa shape index (κ2) is 15.1. The summed E-state index contributed by atoms with van der Waals surface area (Å²) in [5.41, 5.74) is 1.43. The van der Waals surface area contributed by atoms with E-state index in [4.69, 9.17) is 0 Å². The van der Waals surface area contributed by atoms with Crippen molar-refractivity contribution < 1.29 is 43.1 Å². The molecule has 0 saturated carbocycles. The van der Waals surface area contributed by atoms with Gasteiger partial charge >= 0.3 is 0 Å². The normalized spacial score (nSPS) is 19.0. The number of carboxylic acid groups (broad SMARTS) is 1. The number of carbonyl (C=O) groups excluding carboxylic acids is 5. The highest BCUT2D eigenvalue weighted by Gasteiger charge is 2.52. The molecule has 3 aromatic carbocycles. The second-order valence-electron chi connectivity index (χ2n) is 12.7. The number of hydrogen-bond donors (Lipinski definition) is 3. The number of benzene rings is 3.